The van der Waals surface area contributed by atoms with Gasteiger partial charge in [0.05, 0.1) is 25.4 Å². The van der Waals surface area contributed by atoms with Crippen molar-refractivity contribution in [2.75, 3.05) is 13.2 Å². The SMILES string of the molecule is CC/C=C\C/C=C\C/C=C\C/C=C\C/C=C\CCCCCC(=O)OC1C(OCC(NC(=O)C(O)CCCCCCCCCCCCCC/C=C/CCCCCCCC)C(O)/C=C/CCCCCCCCCCCC)OC(CO)C(O)C1O. The van der Waals surface area contributed by atoms with Crippen LogP contribution in [0.15, 0.2) is 85.1 Å². The third-order valence-electron chi connectivity index (χ3n) is 15.5. The third-order valence-corrected chi connectivity index (χ3v) is 15.5. The molecule has 1 fully saturated rings. The maximum absolute atomic E-state index is 13.5. The summed E-state index contributed by atoms with van der Waals surface area (Å²) in [4.78, 5) is 26.6. The van der Waals surface area contributed by atoms with Gasteiger partial charge >= 0.3 is 5.97 Å². The molecule has 0 radical (unpaired) electrons. The molecule has 0 bridgehead atoms. The second kappa shape index (κ2) is 58.2. The minimum atomic E-state index is -1.63. The summed E-state index contributed by atoms with van der Waals surface area (Å²) < 4.78 is 17.6. The van der Waals surface area contributed by atoms with Crippen LogP contribution < -0.4 is 5.32 Å². The van der Waals surface area contributed by atoms with Crippen LogP contribution in [0.4, 0.5) is 0 Å². The number of ether oxygens (including phenoxy) is 3. The molecule has 11 nitrogen and oxygen atoms in total. The van der Waals surface area contributed by atoms with E-state index in [2.05, 4.69) is 99.0 Å². The van der Waals surface area contributed by atoms with Crippen molar-refractivity contribution in [3.63, 3.8) is 0 Å². The number of esters is 1. The number of rotatable bonds is 57. The second-order valence-corrected chi connectivity index (χ2v) is 23.2. The molecule has 1 heterocycles. The zero-order valence-electron chi connectivity index (χ0n) is 52.6. The molecule has 1 amide bonds. The van der Waals surface area contributed by atoms with Crippen LogP contribution >= 0.6 is 0 Å². The lowest BCUT2D eigenvalue weighted by Crippen LogP contribution is -2.61. The van der Waals surface area contributed by atoms with Crippen molar-refractivity contribution < 1.29 is 49.3 Å². The average molecular weight is 1150 g/mol. The number of hydrogen-bond acceptors (Lipinski definition) is 10. The molecule has 1 saturated heterocycles. The molecule has 6 N–H and O–H groups in total. The molecular weight excluding hydrogens is 1030 g/mol. The Labute approximate surface area is 502 Å². The van der Waals surface area contributed by atoms with E-state index in [9.17, 15) is 35.1 Å². The normalized spacial score (nSPS) is 19.1. The summed E-state index contributed by atoms with van der Waals surface area (Å²) in [5.41, 5.74) is 0. The maximum Gasteiger partial charge on any atom is 0.306 e. The fourth-order valence-corrected chi connectivity index (χ4v) is 10.2. The van der Waals surface area contributed by atoms with Crippen molar-refractivity contribution in [1.29, 1.82) is 0 Å². The van der Waals surface area contributed by atoms with Crippen LogP contribution in [0.3, 0.4) is 0 Å². The lowest BCUT2D eigenvalue weighted by atomic mass is 9.99. The third kappa shape index (κ3) is 45.2. The van der Waals surface area contributed by atoms with E-state index in [-0.39, 0.29) is 19.4 Å². The topological polar surface area (TPSA) is 175 Å². The van der Waals surface area contributed by atoms with E-state index in [1.165, 1.54) is 154 Å². The van der Waals surface area contributed by atoms with Crippen molar-refractivity contribution in [2.24, 2.45) is 0 Å². The van der Waals surface area contributed by atoms with Gasteiger partial charge in [0.1, 0.15) is 24.4 Å². The Hall–Kier alpha value is -3.16. The highest BCUT2D eigenvalue weighted by Crippen LogP contribution is 2.26. The molecule has 474 valence electrons. The van der Waals surface area contributed by atoms with Gasteiger partial charge in [0.15, 0.2) is 12.4 Å². The number of hydrogen-bond donors (Lipinski definition) is 6. The molecule has 0 aromatic heterocycles. The number of aliphatic hydroxyl groups excluding tert-OH is 5. The molecule has 0 aromatic carbocycles. The summed E-state index contributed by atoms with van der Waals surface area (Å²) in [7, 11) is 0. The molecule has 1 aliphatic rings. The van der Waals surface area contributed by atoms with Gasteiger partial charge in [-0.05, 0) is 96.3 Å². The highest BCUT2D eigenvalue weighted by molar-refractivity contribution is 5.80. The quantitative estimate of drug-likeness (QED) is 0.0195. The van der Waals surface area contributed by atoms with E-state index in [4.69, 9.17) is 14.2 Å². The summed E-state index contributed by atoms with van der Waals surface area (Å²) in [5, 5.41) is 57.1. The lowest BCUT2D eigenvalue weighted by molar-refractivity contribution is -0.305. The van der Waals surface area contributed by atoms with Crippen LogP contribution in [0, 0.1) is 0 Å². The predicted molar refractivity (Wildman–Crippen MR) is 342 cm³/mol. The molecule has 0 aliphatic carbocycles. The zero-order valence-corrected chi connectivity index (χ0v) is 52.6. The fraction of sp³-hybridized carbons (Fsp3) is 0.775. The number of allylic oxidation sites excluding steroid dienone is 13. The first-order valence-electron chi connectivity index (χ1n) is 33.9. The monoisotopic (exact) mass is 1150 g/mol. The van der Waals surface area contributed by atoms with Gasteiger partial charge in [-0.3, -0.25) is 9.59 Å². The second-order valence-electron chi connectivity index (χ2n) is 23.2. The molecule has 8 atom stereocenters. The van der Waals surface area contributed by atoms with Gasteiger partial charge in [-0.25, -0.2) is 0 Å². The van der Waals surface area contributed by atoms with Gasteiger partial charge in [-0.15, -0.1) is 0 Å². The van der Waals surface area contributed by atoms with Crippen molar-refractivity contribution >= 4 is 11.9 Å². The molecule has 82 heavy (non-hydrogen) atoms. The number of amides is 1. The van der Waals surface area contributed by atoms with E-state index in [1.807, 2.05) is 6.08 Å². The van der Waals surface area contributed by atoms with Gasteiger partial charge in [0.2, 0.25) is 5.91 Å². The Morgan fingerprint density at radius 3 is 1.33 bits per heavy atom. The summed E-state index contributed by atoms with van der Waals surface area (Å²) in [6.45, 7) is 5.67. The minimum Gasteiger partial charge on any atom is -0.454 e. The summed E-state index contributed by atoms with van der Waals surface area (Å²) >= 11 is 0. The van der Waals surface area contributed by atoms with E-state index >= 15 is 0 Å². The first kappa shape index (κ1) is 76.9. The minimum absolute atomic E-state index is 0.0818. The number of carbonyl (C=O) groups excluding carboxylic acids is 2. The largest absolute Gasteiger partial charge is 0.454 e. The zero-order chi connectivity index (χ0) is 59.6. The highest BCUT2D eigenvalue weighted by atomic mass is 16.7. The van der Waals surface area contributed by atoms with Crippen molar-refractivity contribution in [3.8, 4) is 0 Å². The fourth-order valence-electron chi connectivity index (χ4n) is 10.2. The van der Waals surface area contributed by atoms with Gasteiger partial charge in [0.25, 0.3) is 0 Å². The van der Waals surface area contributed by atoms with Gasteiger partial charge < -0.3 is 45.1 Å². The Kier molecular flexibility index (Phi) is 54.6. The van der Waals surface area contributed by atoms with Crippen LogP contribution in [0.2, 0.25) is 0 Å². The molecule has 0 aromatic rings. The van der Waals surface area contributed by atoms with E-state index < -0.39 is 67.4 Å². The first-order chi connectivity index (χ1) is 40.2. The lowest BCUT2D eigenvalue weighted by Gasteiger charge is -2.41. The first-order valence-corrected chi connectivity index (χ1v) is 33.9. The molecule has 11 heteroatoms. The predicted octanol–water partition coefficient (Wildman–Crippen LogP) is 16.9. The van der Waals surface area contributed by atoms with Gasteiger partial charge in [-0.2, -0.15) is 0 Å². The summed E-state index contributed by atoms with van der Waals surface area (Å²) in [6, 6.07) is -1.03. The standard InChI is InChI=1S/C71H125NO10/c1-4-7-10-13-16-19-22-25-27-29-31-32-33-35-36-38-40-43-46-49-52-55-58-64(75)70(79)72-62(63(74)57-54-51-48-45-42-24-21-18-15-12-9-6-3)61-80-71-69(68(78)67(77)65(60-73)81-71)82-66(76)59-56-53-50-47-44-41-39-37-34-30-28-26-23-20-17-14-11-8-5-2/h8,11,17,20,25-28,34,37,41,44,54,57,62-65,67-69,71,73-75,77-78H,4-7,9-10,12-16,18-19,21-24,29-33,35-36,38-40,42-43,45-53,55-56,58-61H2,1-3H3,(H,72,79)/b11-8-,20-17-,27-25+,28-26-,37-34-,44-41-,57-54+. The van der Waals surface area contributed by atoms with Crippen LogP contribution in [-0.4, -0.2) is 99.6 Å². The number of unbranched alkanes of at least 4 members (excludes halogenated alkanes) is 31. The number of nitrogens with one attached hydrogen (secondary N) is 1. The molecule has 1 rings (SSSR count). The summed E-state index contributed by atoms with van der Waals surface area (Å²) in [5.74, 6) is -1.23. The van der Waals surface area contributed by atoms with Crippen LogP contribution in [0.1, 0.15) is 290 Å². The Morgan fingerprint density at radius 2 is 0.878 bits per heavy atom. The Bertz CT molecular complexity index is 1660. The molecule has 0 saturated carbocycles. The van der Waals surface area contributed by atoms with E-state index in [0.717, 1.165) is 89.9 Å². The van der Waals surface area contributed by atoms with Crippen LogP contribution in [0.5, 0.6) is 0 Å². The smallest absolute Gasteiger partial charge is 0.306 e. The molecule has 8 unspecified atom stereocenters. The van der Waals surface area contributed by atoms with Crippen LogP contribution in [-0.2, 0) is 23.8 Å². The summed E-state index contributed by atoms with van der Waals surface area (Å²) in [6.07, 6.45) is 66.2. The molecular formula is C71H125NO10. The van der Waals surface area contributed by atoms with Crippen molar-refractivity contribution in [1.82, 2.24) is 5.32 Å². The number of carbonyl (C=O) groups is 2. The average Bonchev–Trinajstić information content (AvgIpc) is 3.44. The Morgan fingerprint density at radius 1 is 0.488 bits per heavy atom. The van der Waals surface area contributed by atoms with Crippen molar-refractivity contribution in [3.05, 3.63) is 85.1 Å². The molecule has 1 aliphatic heterocycles. The highest BCUT2D eigenvalue weighted by Gasteiger charge is 2.47. The van der Waals surface area contributed by atoms with Crippen LogP contribution in [0.25, 0.3) is 0 Å². The molecule has 0 spiro atoms. The van der Waals surface area contributed by atoms with Crippen molar-refractivity contribution in [2.45, 2.75) is 339 Å². The number of aliphatic hydroxyl groups is 5. The van der Waals surface area contributed by atoms with E-state index in [1.54, 1.807) is 6.08 Å². The van der Waals surface area contributed by atoms with Gasteiger partial charge in [-0.1, -0.05) is 273 Å². The Balaban J connectivity index is 2.63. The maximum atomic E-state index is 13.5. The van der Waals surface area contributed by atoms with Gasteiger partial charge in [0, 0.05) is 6.42 Å². The van der Waals surface area contributed by atoms with E-state index in [0.29, 0.717) is 12.8 Å².